The van der Waals surface area contributed by atoms with Gasteiger partial charge < -0.3 is 14.8 Å². The molecular weight excluding hydrogens is 300 g/mol. The summed E-state index contributed by atoms with van der Waals surface area (Å²) in [6, 6.07) is -0.325. The van der Waals surface area contributed by atoms with E-state index in [1.807, 2.05) is 0 Å². The minimum atomic E-state index is -1.84. The number of carbonyl (C=O) groups is 1. The van der Waals surface area contributed by atoms with E-state index in [4.69, 9.17) is 4.43 Å². The Morgan fingerprint density at radius 1 is 1.41 bits per heavy atom. The van der Waals surface area contributed by atoms with Crippen LogP contribution in [0, 0.1) is 0 Å². The molecule has 0 bridgehead atoms. The van der Waals surface area contributed by atoms with Crippen molar-refractivity contribution < 1.29 is 14.3 Å². The molecule has 1 aromatic heterocycles. The monoisotopic (exact) mass is 324 g/mol. The lowest BCUT2D eigenvalue weighted by Gasteiger charge is -2.36. The zero-order valence-electron chi connectivity index (χ0n) is 13.8. The van der Waals surface area contributed by atoms with Crippen molar-refractivity contribution in [3.63, 3.8) is 0 Å². The van der Waals surface area contributed by atoms with Gasteiger partial charge >= 0.3 is 6.03 Å². The Morgan fingerprint density at radius 3 is 2.55 bits per heavy atom. The molecule has 122 valence electrons. The smallest absolute Gasteiger partial charge is 0.324 e. The number of aromatic hydroxyl groups is 1. The number of aromatic nitrogens is 2. The fourth-order valence-corrected chi connectivity index (χ4v) is 2.90. The zero-order chi connectivity index (χ0) is 16.5. The Hall–Kier alpha value is -1.67. The molecule has 8 heteroatoms. The van der Waals surface area contributed by atoms with Crippen LogP contribution in [0.5, 0.6) is 5.75 Å². The quantitative estimate of drug-likeness (QED) is 0.828. The van der Waals surface area contributed by atoms with Gasteiger partial charge in [-0.3, -0.25) is 4.90 Å². The van der Waals surface area contributed by atoms with Crippen molar-refractivity contribution in [3.05, 3.63) is 12.4 Å². The van der Waals surface area contributed by atoms with Gasteiger partial charge in [-0.2, -0.15) is 0 Å². The summed E-state index contributed by atoms with van der Waals surface area (Å²) in [6.07, 6.45) is 2.55. The lowest BCUT2D eigenvalue weighted by Crippen LogP contribution is -2.44. The lowest BCUT2D eigenvalue weighted by molar-refractivity contribution is 0.239. The van der Waals surface area contributed by atoms with Crippen LogP contribution in [0.25, 0.3) is 0 Å². The van der Waals surface area contributed by atoms with Gasteiger partial charge in [-0.1, -0.05) is 20.8 Å². The second-order valence-corrected chi connectivity index (χ2v) is 11.9. The van der Waals surface area contributed by atoms with Crippen molar-refractivity contribution in [1.82, 2.24) is 15.3 Å². The minimum absolute atomic E-state index is 0.0267. The summed E-state index contributed by atoms with van der Waals surface area (Å²) in [5, 5.41) is 12.2. The fraction of sp³-hybridized carbons (Fsp3) is 0.643. The molecule has 0 unspecified atom stereocenters. The molecule has 0 aromatic carbocycles. The molecule has 2 rings (SSSR count). The van der Waals surface area contributed by atoms with Gasteiger partial charge in [-0.25, -0.2) is 14.8 Å². The van der Waals surface area contributed by atoms with Crippen LogP contribution >= 0.6 is 0 Å². The molecule has 7 nitrogen and oxygen atoms in total. The summed E-state index contributed by atoms with van der Waals surface area (Å²) in [4.78, 5) is 21.4. The van der Waals surface area contributed by atoms with Crippen molar-refractivity contribution in [3.8, 4) is 5.75 Å². The van der Waals surface area contributed by atoms with Crippen LogP contribution in [-0.2, 0) is 4.43 Å². The number of anilines is 1. The highest BCUT2D eigenvalue weighted by Crippen LogP contribution is 2.36. The molecule has 1 saturated heterocycles. The van der Waals surface area contributed by atoms with E-state index in [1.54, 1.807) is 0 Å². The average Bonchev–Trinajstić information content (AvgIpc) is 2.77. The van der Waals surface area contributed by atoms with Crippen molar-refractivity contribution in [2.45, 2.75) is 44.9 Å². The van der Waals surface area contributed by atoms with E-state index in [1.165, 1.54) is 17.3 Å². The Balaban J connectivity index is 1.97. The Bertz CT molecular complexity index is 542. The second kappa shape index (κ2) is 5.84. The number of nitrogens with one attached hydrogen (secondary N) is 1. The first-order valence-electron chi connectivity index (χ1n) is 7.33. The molecule has 0 aliphatic carbocycles. The Labute approximate surface area is 131 Å². The number of hydrogen-bond acceptors (Lipinski definition) is 5. The highest BCUT2D eigenvalue weighted by molar-refractivity contribution is 6.74. The van der Waals surface area contributed by atoms with Gasteiger partial charge in [0.2, 0.25) is 5.95 Å². The molecule has 1 atom stereocenters. The predicted octanol–water partition coefficient (Wildman–Crippen LogP) is 2.10. The van der Waals surface area contributed by atoms with Crippen LogP contribution < -0.4 is 10.2 Å². The first kappa shape index (κ1) is 16.7. The summed E-state index contributed by atoms with van der Waals surface area (Å²) in [5.74, 6) is 0.256. The van der Waals surface area contributed by atoms with Gasteiger partial charge in [-0.05, 0) is 18.1 Å². The first-order chi connectivity index (χ1) is 10.1. The van der Waals surface area contributed by atoms with Crippen LogP contribution in [-0.4, -0.2) is 48.6 Å². The Morgan fingerprint density at radius 2 is 2.00 bits per heavy atom. The Kier molecular flexibility index (Phi) is 4.43. The van der Waals surface area contributed by atoms with E-state index in [-0.39, 0.29) is 28.8 Å². The van der Waals surface area contributed by atoms with Crippen LogP contribution in [0.1, 0.15) is 20.8 Å². The minimum Gasteiger partial charge on any atom is -0.505 e. The van der Waals surface area contributed by atoms with Crippen LogP contribution in [0.15, 0.2) is 12.4 Å². The topological polar surface area (TPSA) is 87.6 Å². The second-order valence-electron chi connectivity index (χ2n) is 7.07. The third-order valence-corrected chi connectivity index (χ3v) is 8.79. The zero-order valence-corrected chi connectivity index (χ0v) is 14.8. The van der Waals surface area contributed by atoms with Crippen LogP contribution in [0.4, 0.5) is 10.7 Å². The van der Waals surface area contributed by atoms with Gasteiger partial charge in [0, 0.05) is 0 Å². The van der Waals surface area contributed by atoms with E-state index in [0.717, 1.165) is 0 Å². The summed E-state index contributed by atoms with van der Waals surface area (Å²) in [6.45, 7) is 11.9. The van der Waals surface area contributed by atoms with E-state index in [2.05, 4.69) is 49.1 Å². The molecule has 22 heavy (non-hydrogen) atoms. The third kappa shape index (κ3) is 3.56. The molecule has 1 aromatic rings. The number of urea groups is 1. The molecule has 0 radical (unpaired) electrons. The maximum absolute atomic E-state index is 12.0. The molecule has 0 saturated carbocycles. The average molecular weight is 324 g/mol. The fourth-order valence-electron chi connectivity index (χ4n) is 1.85. The van der Waals surface area contributed by atoms with Gasteiger partial charge in [0.05, 0.1) is 31.6 Å². The van der Waals surface area contributed by atoms with Crippen molar-refractivity contribution >= 4 is 20.3 Å². The standard InChI is InChI=1S/C14H24N4O3Si/c1-14(2,3)22(4,5)21-9-10-8-18(13(20)17-10)12-15-6-11(19)7-16-12/h6-7,10,19H,8-9H2,1-5H3,(H,17,20)/t10-/m0/s1. The predicted molar refractivity (Wildman–Crippen MR) is 86.5 cm³/mol. The summed E-state index contributed by atoms with van der Waals surface area (Å²) < 4.78 is 6.15. The molecule has 1 fully saturated rings. The van der Waals surface area contributed by atoms with Crippen molar-refractivity contribution in [1.29, 1.82) is 0 Å². The van der Waals surface area contributed by atoms with E-state index >= 15 is 0 Å². The maximum atomic E-state index is 12.0. The third-order valence-electron chi connectivity index (χ3n) is 4.29. The summed E-state index contributed by atoms with van der Waals surface area (Å²) in [5.41, 5.74) is 0. The molecule has 0 spiro atoms. The highest BCUT2D eigenvalue weighted by Gasteiger charge is 2.39. The normalized spacial score (nSPS) is 19.4. The SMILES string of the molecule is CC(C)(C)[Si](C)(C)OC[C@@H]1CN(c2ncc(O)cn2)C(=O)N1. The van der Waals surface area contributed by atoms with E-state index < -0.39 is 8.32 Å². The summed E-state index contributed by atoms with van der Waals surface area (Å²) >= 11 is 0. The molecule has 2 heterocycles. The molecule has 1 aliphatic heterocycles. The van der Waals surface area contributed by atoms with Gasteiger partial charge in [0.15, 0.2) is 14.1 Å². The van der Waals surface area contributed by atoms with E-state index in [9.17, 15) is 9.90 Å². The van der Waals surface area contributed by atoms with Crippen LogP contribution in [0.2, 0.25) is 18.1 Å². The van der Waals surface area contributed by atoms with Gasteiger partial charge in [-0.15, -0.1) is 0 Å². The van der Waals surface area contributed by atoms with Crippen LogP contribution in [0.3, 0.4) is 0 Å². The number of amides is 2. The first-order valence-corrected chi connectivity index (χ1v) is 10.2. The van der Waals surface area contributed by atoms with Crippen molar-refractivity contribution in [2.24, 2.45) is 0 Å². The van der Waals surface area contributed by atoms with Crippen molar-refractivity contribution in [2.75, 3.05) is 18.1 Å². The highest BCUT2D eigenvalue weighted by atomic mass is 28.4. The summed E-state index contributed by atoms with van der Waals surface area (Å²) in [7, 11) is -1.84. The number of nitrogens with zero attached hydrogens (tertiary/aromatic N) is 3. The molecule has 1 aliphatic rings. The maximum Gasteiger partial charge on any atom is 0.324 e. The lowest BCUT2D eigenvalue weighted by atomic mass is 10.2. The van der Waals surface area contributed by atoms with Gasteiger partial charge in [0.1, 0.15) is 0 Å². The molecule has 2 amide bonds. The molecular formula is C14H24N4O3Si. The van der Waals surface area contributed by atoms with Gasteiger partial charge in [0.25, 0.3) is 0 Å². The van der Waals surface area contributed by atoms with E-state index in [0.29, 0.717) is 13.2 Å². The number of rotatable bonds is 4. The number of hydrogen-bond donors (Lipinski definition) is 2. The number of carbonyl (C=O) groups excluding carboxylic acids is 1. The molecule has 2 N–H and O–H groups in total. The largest absolute Gasteiger partial charge is 0.505 e.